The van der Waals surface area contributed by atoms with Gasteiger partial charge >= 0.3 is 0 Å². The minimum Gasteiger partial charge on any atom is -0.101 e. The van der Waals surface area contributed by atoms with Gasteiger partial charge < -0.3 is 0 Å². The van der Waals surface area contributed by atoms with Crippen LogP contribution in [0.25, 0.3) is 11.1 Å². The molecule has 0 aliphatic carbocycles. The predicted octanol–water partition coefficient (Wildman–Crippen LogP) is 4.49. The fourth-order valence-electron chi connectivity index (χ4n) is 1.59. The van der Waals surface area contributed by atoms with Crippen molar-refractivity contribution in [1.82, 2.24) is 0 Å². The van der Waals surface area contributed by atoms with Gasteiger partial charge in [0.15, 0.2) is 0 Å². The highest BCUT2D eigenvalue weighted by molar-refractivity contribution is 9.10. The van der Waals surface area contributed by atoms with Crippen molar-refractivity contribution in [2.75, 3.05) is 0 Å². The molecule has 0 aliphatic rings. The van der Waals surface area contributed by atoms with Gasteiger partial charge in [-0.1, -0.05) is 46.1 Å². The Kier molecular flexibility index (Phi) is 3.44. The maximum absolute atomic E-state index is 3.48. The summed E-state index contributed by atoms with van der Waals surface area (Å²) < 4.78 is 1.09. The van der Waals surface area contributed by atoms with E-state index in [2.05, 4.69) is 52.0 Å². The van der Waals surface area contributed by atoms with Crippen molar-refractivity contribution in [1.29, 1.82) is 0 Å². The quantitative estimate of drug-likeness (QED) is 0.670. The van der Waals surface area contributed by atoms with E-state index in [0.29, 0.717) is 0 Å². The number of rotatable bonds is 1. The normalized spacial score (nSPS) is 9.38. The first kappa shape index (κ1) is 11.0. The van der Waals surface area contributed by atoms with Gasteiger partial charge in [0.05, 0.1) is 0 Å². The molecule has 1 heteroatoms. The first-order valence-corrected chi connectivity index (χ1v) is 5.87. The first-order chi connectivity index (χ1) is 7.79. The molecule has 0 amide bonds. The van der Waals surface area contributed by atoms with Crippen LogP contribution in [0.15, 0.2) is 53.0 Å². The van der Waals surface area contributed by atoms with Crippen molar-refractivity contribution < 1.29 is 0 Å². The second-order valence-corrected chi connectivity index (χ2v) is 4.38. The molecule has 0 unspecified atom stereocenters. The van der Waals surface area contributed by atoms with Crippen molar-refractivity contribution in [3.05, 3.63) is 58.6 Å². The summed E-state index contributed by atoms with van der Waals surface area (Å²) in [5.74, 6) is 5.99. The van der Waals surface area contributed by atoms with Gasteiger partial charge in [0, 0.05) is 10.0 Å². The van der Waals surface area contributed by atoms with Crippen LogP contribution in [0.3, 0.4) is 0 Å². The summed E-state index contributed by atoms with van der Waals surface area (Å²) in [4.78, 5) is 0. The summed E-state index contributed by atoms with van der Waals surface area (Å²) in [7, 11) is 0. The van der Waals surface area contributed by atoms with Crippen LogP contribution in [-0.4, -0.2) is 0 Å². The topological polar surface area (TPSA) is 0 Å². The van der Waals surface area contributed by atoms with Crippen LogP contribution < -0.4 is 0 Å². The highest BCUT2D eigenvalue weighted by atomic mass is 79.9. The van der Waals surface area contributed by atoms with Gasteiger partial charge in [-0.25, -0.2) is 0 Å². The molecule has 0 aliphatic heterocycles. The van der Waals surface area contributed by atoms with Crippen molar-refractivity contribution >= 4 is 15.9 Å². The van der Waals surface area contributed by atoms with Gasteiger partial charge in [-0.05, 0) is 42.3 Å². The zero-order chi connectivity index (χ0) is 11.4. The molecule has 0 bridgehead atoms. The molecule has 0 saturated carbocycles. The van der Waals surface area contributed by atoms with E-state index in [-0.39, 0.29) is 0 Å². The molecule has 2 aromatic rings. The maximum Gasteiger partial charge on any atom is 0.0251 e. The fraction of sp³-hybridized carbons (Fsp3) is 0.0667. The Hall–Kier alpha value is -1.52. The minimum atomic E-state index is 1.06. The molecule has 2 rings (SSSR count). The lowest BCUT2D eigenvalue weighted by atomic mass is 10.0. The van der Waals surface area contributed by atoms with Gasteiger partial charge in [0.25, 0.3) is 0 Å². The van der Waals surface area contributed by atoms with Crippen LogP contribution in [0, 0.1) is 11.8 Å². The predicted molar refractivity (Wildman–Crippen MR) is 72.1 cm³/mol. The highest BCUT2D eigenvalue weighted by Gasteiger charge is 1.98. The van der Waals surface area contributed by atoms with E-state index < -0.39 is 0 Å². The van der Waals surface area contributed by atoms with Crippen molar-refractivity contribution in [2.45, 2.75) is 6.92 Å². The van der Waals surface area contributed by atoms with Gasteiger partial charge in [-0.3, -0.25) is 0 Å². The third-order valence-corrected chi connectivity index (χ3v) is 2.78. The third kappa shape index (κ3) is 2.53. The first-order valence-electron chi connectivity index (χ1n) is 5.08. The Morgan fingerprint density at radius 2 is 1.62 bits per heavy atom. The van der Waals surface area contributed by atoms with Crippen LogP contribution >= 0.6 is 15.9 Å². The molecule has 16 heavy (non-hydrogen) atoms. The SMILES string of the molecule is CC#Cc1cccc(-c2cccc(Br)c2)c1. The Balaban J connectivity index is 2.46. The second-order valence-electron chi connectivity index (χ2n) is 3.47. The molecule has 0 aromatic heterocycles. The molecular formula is C15H11Br. The lowest BCUT2D eigenvalue weighted by Crippen LogP contribution is -1.80. The second kappa shape index (κ2) is 5.01. The average Bonchev–Trinajstić information content (AvgIpc) is 2.30. The van der Waals surface area contributed by atoms with Crippen LogP contribution in [0.5, 0.6) is 0 Å². The van der Waals surface area contributed by atoms with E-state index in [9.17, 15) is 0 Å². The molecule has 0 N–H and O–H groups in total. The third-order valence-electron chi connectivity index (χ3n) is 2.29. The standard InChI is InChI=1S/C15H11Br/c1-2-5-12-6-3-7-13(10-12)14-8-4-9-15(16)11-14/h3-4,6-11H,1H3. The molecule has 0 saturated heterocycles. The van der Waals surface area contributed by atoms with Crippen LogP contribution in [0.2, 0.25) is 0 Å². The molecule has 0 heterocycles. The summed E-state index contributed by atoms with van der Waals surface area (Å²) in [6, 6.07) is 16.5. The molecule has 0 atom stereocenters. The average molecular weight is 271 g/mol. The van der Waals surface area contributed by atoms with Gasteiger partial charge in [0.2, 0.25) is 0 Å². The van der Waals surface area contributed by atoms with Crippen LogP contribution in [0.4, 0.5) is 0 Å². The molecule has 78 valence electrons. The summed E-state index contributed by atoms with van der Waals surface area (Å²) in [6.07, 6.45) is 0. The largest absolute Gasteiger partial charge is 0.101 e. The molecule has 0 radical (unpaired) electrons. The molecule has 0 nitrogen and oxygen atoms in total. The van der Waals surface area contributed by atoms with Crippen molar-refractivity contribution in [3.63, 3.8) is 0 Å². The van der Waals surface area contributed by atoms with E-state index >= 15 is 0 Å². The zero-order valence-corrected chi connectivity index (χ0v) is 10.6. The monoisotopic (exact) mass is 270 g/mol. The Morgan fingerprint density at radius 3 is 2.31 bits per heavy atom. The Morgan fingerprint density at radius 1 is 0.938 bits per heavy atom. The molecule has 2 aromatic carbocycles. The summed E-state index contributed by atoms with van der Waals surface area (Å²) in [6.45, 7) is 1.85. The van der Waals surface area contributed by atoms with Gasteiger partial charge in [-0.15, -0.1) is 5.92 Å². The summed E-state index contributed by atoms with van der Waals surface area (Å²) in [5, 5.41) is 0. The molecular weight excluding hydrogens is 260 g/mol. The zero-order valence-electron chi connectivity index (χ0n) is 9.00. The van der Waals surface area contributed by atoms with E-state index in [1.807, 2.05) is 31.2 Å². The van der Waals surface area contributed by atoms with E-state index in [4.69, 9.17) is 0 Å². The van der Waals surface area contributed by atoms with Gasteiger partial charge in [0.1, 0.15) is 0 Å². The minimum absolute atomic E-state index is 1.06. The van der Waals surface area contributed by atoms with Crippen molar-refractivity contribution in [2.24, 2.45) is 0 Å². The number of halogens is 1. The van der Waals surface area contributed by atoms with Crippen molar-refractivity contribution in [3.8, 4) is 23.0 Å². The molecule has 0 spiro atoms. The fourth-order valence-corrected chi connectivity index (χ4v) is 1.99. The van der Waals surface area contributed by atoms with E-state index in [1.165, 1.54) is 11.1 Å². The Bertz CT molecular complexity index is 559. The lowest BCUT2D eigenvalue weighted by Gasteiger charge is -2.02. The summed E-state index contributed by atoms with van der Waals surface area (Å²) >= 11 is 3.48. The maximum atomic E-state index is 3.48. The summed E-state index contributed by atoms with van der Waals surface area (Å²) in [5.41, 5.74) is 3.45. The number of hydrogen-bond donors (Lipinski definition) is 0. The van der Waals surface area contributed by atoms with E-state index in [0.717, 1.165) is 10.0 Å². The molecule has 0 fully saturated rings. The lowest BCUT2D eigenvalue weighted by molar-refractivity contribution is 1.57. The van der Waals surface area contributed by atoms with Crippen LogP contribution in [0.1, 0.15) is 12.5 Å². The Labute approximate surface area is 104 Å². The number of hydrogen-bond acceptors (Lipinski definition) is 0. The van der Waals surface area contributed by atoms with E-state index in [1.54, 1.807) is 0 Å². The highest BCUT2D eigenvalue weighted by Crippen LogP contribution is 2.23. The smallest absolute Gasteiger partial charge is 0.0251 e. The number of benzene rings is 2. The van der Waals surface area contributed by atoms with Gasteiger partial charge in [-0.2, -0.15) is 0 Å². The van der Waals surface area contributed by atoms with Crippen LogP contribution in [-0.2, 0) is 0 Å².